The molecule has 0 aliphatic heterocycles. The van der Waals surface area contributed by atoms with Gasteiger partial charge in [0.25, 0.3) is 0 Å². The van der Waals surface area contributed by atoms with Crippen LogP contribution in [0.15, 0.2) is 12.1 Å². The van der Waals surface area contributed by atoms with E-state index in [4.69, 9.17) is 5.26 Å². The highest BCUT2D eigenvalue weighted by Gasteiger charge is 2.35. The van der Waals surface area contributed by atoms with Crippen molar-refractivity contribution in [3.05, 3.63) is 28.8 Å². The van der Waals surface area contributed by atoms with Crippen LogP contribution in [0.4, 0.5) is 13.2 Å². The van der Waals surface area contributed by atoms with Gasteiger partial charge in [0.05, 0.1) is 23.3 Å². The zero-order valence-electron chi connectivity index (χ0n) is 9.21. The third-order valence-electron chi connectivity index (χ3n) is 2.06. The molecule has 0 spiro atoms. The second-order valence-electron chi connectivity index (χ2n) is 3.24. The molecule has 1 aromatic carbocycles. The first-order chi connectivity index (χ1) is 8.31. The number of nitrogens with zero attached hydrogens (tertiary/aromatic N) is 1. The molecule has 1 N–H and O–H groups in total. The summed E-state index contributed by atoms with van der Waals surface area (Å²) in [6.45, 7) is 1.45. The van der Waals surface area contributed by atoms with Crippen LogP contribution < -0.4 is 0 Å². The highest BCUT2D eigenvalue weighted by Crippen LogP contribution is 2.37. The average Bonchev–Trinajstić information content (AvgIpc) is 2.27. The molecule has 0 amide bonds. The molecule has 96 valence electrons. The number of halogens is 3. The van der Waals surface area contributed by atoms with E-state index < -0.39 is 29.0 Å². The second-order valence-corrected chi connectivity index (χ2v) is 3.24. The van der Waals surface area contributed by atoms with Crippen molar-refractivity contribution in [1.82, 2.24) is 0 Å². The summed E-state index contributed by atoms with van der Waals surface area (Å²) in [5.74, 6) is -2.15. The molecule has 7 heteroatoms. The van der Waals surface area contributed by atoms with Crippen LogP contribution in [0, 0.1) is 11.3 Å². The van der Waals surface area contributed by atoms with Crippen molar-refractivity contribution in [2.24, 2.45) is 0 Å². The Morgan fingerprint density at radius 3 is 2.56 bits per heavy atom. The molecular weight excluding hydrogens is 251 g/mol. The number of benzene rings is 1. The summed E-state index contributed by atoms with van der Waals surface area (Å²) in [5, 5.41) is 17.9. The first-order valence-corrected chi connectivity index (χ1v) is 4.82. The number of phenols is 1. The predicted octanol–water partition coefficient (Wildman–Crippen LogP) is 2.46. The number of nitriles is 1. The molecule has 0 unspecified atom stereocenters. The molecule has 0 fully saturated rings. The Labute approximate surface area is 100 Å². The van der Waals surface area contributed by atoms with Gasteiger partial charge in [0.1, 0.15) is 11.8 Å². The molecule has 18 heavy (non-hydrogen) atoms. The molecule has 0 aliphatic carbocycles. The third kappa shape index (κ3) is 2.71. The van der Waals surface area contributed by atoms with E-state index >= 15 is 0 Å². The van der Waals surface area contributed by atoms with Crippen LogP contribution in [0.2, 0.25) is 0 Å². The fourth-order valence-corrected chi connectivity index (χ4v) is 1.29. The van der Waals surface area contributed by atoms with Crippen LogP contribution in [-0.2, 0) is 10.9 Å². The summed E-state index contributed by atoms with van der Waals surface area (Å²) < 4.78 is 42.1. The summed E-state index contributed by atoms with van der Waals surface area (Å²) in [4.78, 5) is 11.4. The Morgan fingerprint density at radius 1 is 1.50 bits per heavy atom. The number of hydrogen-bond donors (Lipinski definition) is 1. The molecule has 0 aliphatic rings. The van der Waals surface area contributed by atoms with Crippen molar-refractivity contribution in [2.75, 3.05) is 6.61 Å². The third-order valence-corrected chi connectivity index (χ3v) is 2.06. The minimum atomic E-state index is -4.82. The maximum Gasteiger partial charge on any atom is 0.419 e. The number of hydrogen-bond acceptors (Lipinski definition) is 4. The number of alkyl halides is 3. The zero-order valence-corrected chi connectivity index (χ0v) is 9.21. The quantitative estimate of drug-likeness (QED) is 0.828. The lowest BCUT2D eigenvalue weighted by molar-refractivity contribution is -0.138. The number of esters is 1. The summed E-state index contributed by atoms with van der Waals surface area (Å²) in [6, 6.07) is 2.53. The standard InChI is InChI=1S/C11H8F3NO3/c1-2-18-10(17)7-4-8(11(12,13)14)9(16)3-6(7)5-15/h3-4,16H,2H2,1H3. The molecule has 0 atom stereocenters. The van der Waals surface area contributed by atoms with Gasteiger partial charge in [-0.05, 0) is 19.1 Å². The lowest BCUT2D eigenvalue weighted by Gasteiger charge is -2.11. The average molecular weight is 259 g/mol. The Kier molecular flexibility index (Phi) is 3.81. The van der Waals surface area contributed by atoms with Crippen LogP contribution in [-0.4, -0.2) is 17.7 Å². The SMILES string of the molecule is CCOC(=O)c1cc(C(F)(F)F)c(O)cc1C#N. The fraction of sp³-hybridized carbons (Fsp3) is 0.273. The Hall–Kier alpha value is -2.23. The summed E-state index contributed by atoms with van der Waals surface area (Å²) in [7, 11) is 0. The topological polar surface area (TPSA) is 70.3 Å². The van der Waals surface area contributed by atoms with Gasteiger partial charge in [0.15, 0.2) is 0 Å². The van der Waals surface area contributed by atoms with Gasteiger partial charge in [-0.3, -0.25) is 0 Å². The van der Waals surface area contributed by atoms with E-state index in [2.05, 4.69) is 4.74 Å². The molecule has 0 heterocycles. The minimum Gasteiger partial charge on any atom is -0.507 e. The highest BCUT2D eigenvalue weighted by molar-refractivity contribution is 5.92. The minimum absolute atomic E-state index is 0.0358. The van der Waals surface area contributed by atoms with Gasteiger partial charge in [-0.1, -0.05) is 0 Å². The van der Waals surface area contributed by atoms with E-state index in [9.17, 15) is 23.1 Å². The van der Waals surface area contributed by atoms with E-state index in [0.717, 1.165) is 0 Å². The number of carbonyl (C=O) groups excluding carboxylic acids is 1. The largest absolute Gasteiger partial charge is 0.507 e. The van der Waals surface area contributed by atoms with Gasteiger partial charge in [-0.15, -0.1) is 0 Å². The predicted molar refractivity (Wildman–Crippen MR) is 53.8 cm³/mol. The number of rotatable bonds is 2. The van der Waals surface area contributed by atoms with Crippen molar-refractivity contribution in [3.63, 3.8) is 0 Å². The highest BCUT2D eigenvalue weighted by atomic mass is 19.4. The van der Waals surface area contributed by atoms with Gasteiger partial charge in [0.2, 0.25) is 0 Å². The molecular formula is C11H8F3NO3. The van der Waals surface area contributed by atoms with Gasteiger partial charge >= 0.3 is 12.1 Å². The van der Waals surface area contributed by atoms with Crippen molar-refractivity contribution in [3.8, 4) is 11.8 Å². The number of ether oxygens (including phenoxy) is 1. The molecule has 1 aromatic rings. The normalized spacial score (nSPS) is 10.8. The number of phenolic OH excluding ortho intramolecular Hbond substituents is 1. The van der Waals surface area contributed by atoms with Crippen molar-refractivity contribution in [1.29, 1.82) is 5.26 Å². The molecule has 0 saturated carbocycles. The van der Waals surface area contributed by atoms with E-state index in [-0.39, 0.29) is 12.2 Å². The molecule has 0 bridgehead atoms. The Bertz CT molecular complexity index is 517. The van der Waals surface area contributed by atoms with Crippen LogP contribution in [0.25, 0.3) is 0 Å². The lowest BCUT2D eigenvalue weighted by atomic mass is 10.0. The maximum atomic E-state index is 12.5. The Morgan fingerprint density at radius 2 is 2.11 bits per heavy atom. The lowest BCUT2D eigenvalue weighted by Crippen LogP contribution is -2.12. The van der Waals surface area contributed by atoms with Crippen molar-refractivity contribution < 1.29 is 27.8 Å². The Balaban J connectivity index is 3.42. The van der Waals surface area contributed by atoms with Crippen LogP contribution in [0.5, 0.6) is 5.75 Å². The molecule has 1 rings (SSSR count). The van der Waals surface area contributed by atoms with Gasteiger partial charge in [0, 0.05) is 0 Å². The summed E-state index contributed by atoms with van der Waals surface area (Å²) in [5.41, 5.74) is -2.28. The second kappa shape index (κ2) is 4.96. The van der Waals surface area contributed by atoms with E-state index in [0.29, 0.717) is 12.1 Å². The maximum absolute atomic E-state index is 12.5. The van der Waals surface area contributed by atoms with Crippen molar-refractivity contribution >= 4 is 5.97 Å². The first kappa shape index (κ1) is 13.8. The van der Waals surface area contributed by atoms with Crippen LogP contribution >= 0.6 is 0 Å². The van der Waals surface area contributed by atoms with Gasteiger partial charge in [-0.25, -0.2) is 4.79 Å². The molecule has 0 radical (unpaired) electrons. The summed E-state index contributed by atoms with van der Waals surface area (Å²) >= 11 is 0. The van der Waals surface area contributed by atoms with Crippen LogP contribution in [0.1, 0.15) is 28.4 Å². The smallest absolute Gasteiger partial charge is 0.419 e. The monoisotopic (exact) mass is 259 g/mol. The molecule has 0 saturated heterocycles. The first-order valence-electron chi connectivity index (χ1n) is 4.82. The van der Waals surface area contributed by atoms with Crippen molar-refractivity contribution in [2.45, 2.75) is 13.1 Å². The molecule has 0 aromatic heterocycles. The van der Waals surface area contributed by atoms with E-state index in [1.807, 2.05) is 0 Å². The number of aromatic hydroxyl groups is 1. The van der Waals surface area contributed by atoms with E-state index in [1.54, 1.807) is 0 Å². The molecule has 4 nitrogen and oxygen atoms in total. The van der Waals surface area contributed by atoms with Gasteiger partial charge < -0.3 is 9.84 Å². The summed E-state index contributed by atoms with van der Waals surface area (Å²) in [6.07, 6.45) is -4.82. The van der Waals surface area contributed by atoms with Crippen LogP contribution in [0.3, 0.4) is 0 Å². The fourth-order valence-electron chi connectivity index (χ4n) is 1.29. The van der Waals surface area contributed by atoms with Gasteiger partial charge in [-0.2, -0.15) is 18.4 Å². The number of carbonyl (C=O) groups is 1. The van der Waals surface area contributed by atoms with E-state index in [1.165, 1.54) is 13.0 Å². The zero-order chi connectivity index (χ0) is 13.9.